The van der Waals surface area contributed by atoms with Gasteiger partial charge in [0, 0.05) is 20.0 Å². The molecule has 0 fully saturated rings. The van der Waals surface area contributed by atoms with Crippen molar-refractivity contribution in [1.82, 2.24) is 9.80 Å². The van der Waals surface area contributed by atoms with Gasteiger partial charge in [-0.1, -0.05) is 12.1 Å². The minimum Gasteiger partial charge on any atom is -0.469 e. The second kappa shape index (κ2) is 6.08. The molecule has 0 radical (unpaired) electrons. The zero-order valence-corrected chi connectivity index (χ0v) is 12.7. The Balaban J connectivity index is 1.62. The number of rotatable bonds is 5. The van der Waals surface area contributed by atoms with Crippen molar-refractivity contribution < 1.29 is 18.8 Å². The van der Waals surface area contributed by atoms with Crippen LogP contribution in [0.3, 0.4) is 0 Å². The summed E-state index contributed by atoms with van der Waals surface area (Å²) in [6.45, 7) is 0.205. The van der Waals surface area contributed by atoms with Crippen LogP contribution < -0.4 is 0 Å². The third-order valence-corrected chi connectivity index (χ3v) is 3.87. The van der Waals surface area contributed by atoms with Gasteiger partial charge in [-0.2, -0.15) is 0 Å². The molecular weight excluding hydrogens is 296 g/mol. The first-order valence-electron chi connectivity index (χ1n) is 7.29. The molecule has 1 aliphatic heterocycles. The molecule has 0 atom stereocenters. The second-order valence-corrected chi connectivity index (χ2v) is 5.39. The second-order valence-electron chi connectivity index (χ2n) is 5.39. The van der Waals surface area contributed by atoms with Crippen LogP contribution >= 0.6 is 0 Å². The number of hydrogen-bond donors (Lipinski definition) is 0. The lowest BCUT2D eigenvalue weighted by atomic mass is 10.1. The molecule has 1 aliphatic rings. The van der Waals surface area contributed by atoms with E-state index in [-0.39, 0.29) is 12.5 Å². The van der Waals surface area contributed by atoms with Gasteiger partial charge < -0.3 is 9.32 Å². The van der Waals surface area contributed by atoms with Crippen molar-refractivity contribution in [2.45, 2.75) is 6.42 Å². The SMILES string of the molecule is CN(CCc1ccco1)C(=O)CN1C(=O)c2ccccc2C1=O. The Morgan fingerprint density at radius 3 is 2.30 bits per heavy atom. The van der Waals surface area contributed by atoms with Gasteiger partial charge in [0.1, 0.15) is 12.3 Å². The van der Waals surface area contributed by atoms with Crippen LogP contribution in [0.2, 0.25) is 0 Å². The van der Waals surface area contributed by atoms with Gasteiger partial charge in [-0.15, -0.1) is 0 Å². The van der Waals surface area contributed by atoms with E-state index < -0.39 is 11.8 Å². The summed E-state index contributed by atoms with van der Waals surface area (Å²) >= 11 is 0. The van der Waals surface area contributed by atoms with Crippen LogP contribution in [0.25, 0.3) is 0 Å². The van der Waals surface area contributed by atoms with Crippen LogP contribution in [0, 0.1) is 0 Å². The Kier molecular flexibility index (Phi) is 3.97. The third-order valence-electron chi connectivity index (χ3n) is 3.87. The van der Waals surface area contributed by atoms with E-state index in [9.17, 15) is 14.4 Å². The molecule has 23 heavy (non-hydrogen) atoms. The number of benzene rings is 1. The minimum absolute atomic E-state index is 0.249. The highest BCUT2D eigenvalue weighted by Crippen LogP contribution is 2.22. The molecule has 3 rings (SSSR count). The molecule has 0 aliphatic carbocycles. The van der Waals surface area contributed by atoms with E-state index >= 15 is 0 Å². The van der Waals surface area contributed by atoms with Crippen molar-refractivity contribution >= 4 is 17.7 Å². The lowest BCUT2D eigenvalue weighted by Gasteiger charge is -2.20. The van der Waals surface area contributed by atoms with Crippen molar-refractivity contribution in [3.63, 3.8) is 0 Å². The highest BCUT2D eigenvalue weighted by atomic mass is 16.3. The Morgan fingerprint density at radius 2 is 1.74 bits per heavy atom. The van der Waals surface area contributed by atoms with Gasteiger partial charge in [0.05, 0.1) is 17.4 Å². The van der Waals surface area contributed by atoms with Crippen molar-refractivity contribution in [3.05, 3.63) is 59.5 Å². The standard InChI is InChI=1S/C17H16N2O4/c1-18(9-8-12-5-4-10-23-12)15(20)11-19-16(21)13-6-2-3-7-14(13)17(19)22/h2-7,10H,8-9,11H2,1H3. The fraction of sp³-hybridized carbons (Fsp3) is 0.235. The highest BCUT2D eigenvalue weighted by Gasteiger charge is 2.36. The zero-order valence-electron chi connectivity index (χ0n) is 12.7. The quantitative estimate of drug-likeness (QED) is 0.786. The van der Waals surface area contributed by atoms with Crippen molar-refractivity contribution in [3.8, 4) is 0 Å². The molecule has 0 unspecified atom stereocenters. The summed E-state index contributed by atoms with van der Waals surface area (Å²) in [5, 5.41) is 0. The topological polar surface area (TPSA) is 70.8 Å². The molecule has 0 spiro atoms. The van der Waals surface area contributed by atoms with E-state index in [0.717, 1.165) is 10.7 Å². The molecule has 2 aromatic rings. The lowest BCUT2D eigenvalue weighted by molar-refractivity contribution is -0.130. The average molecular weight is 312 g/mol. The molecule has 0 saturated heterocycles. The van der Waals surface area contributed by atoms with Gasteiger partial charge in [0.15, 0.2) is 0 Å². The highest BCUT2D eigenvalue weighted by molar-refractivity contribution is 6.22. The number of amides is 3. The molecule has 0 bridgehead atoms. The van der Waals surface area contributed by atoms with Crippen LogP contribution in [0.1, 0.15) is 26.5 Å². The fourth-order valence-corrected chi connectivity index (χ4v) is 2.50. The molecule has 1 aromatic heterocycles. The Morgan fingerprint density at radius 1 is 1.09 bits per heavy atom. The number of furan rings is 1. The zero-order chi connectivity index (χ0) is 16.4. The minimum atomic E-state index is -0.418. The molecule has 118 valence electrons. The molecule has 1 aromatic carbocycles. The van der Waals surface area contributed by atoms with Gasteiger partial charge >= 0.3 is 0 Å². The van der Waals surface area contributed by atoms with E-state index in [0.29, 0.717) is 24.1 Å². The van der Waals surface area contributed by atoms with E-state index in [2.05, 4.69) is 0 Å². The largest absolute Gasteiger partial charge is 0.469 e. The summed E-state index contributed by atoms with van der Waals surface area (Å²) in [6, 6.07) is 10.2. The first kappa shape index (κ1) is 15.0. The first-order chi connectivity index (χ1) is 11.1. The van der Waals surface area contributed by atoms with Gasteiger partial charge in [-0.3, -0.25) is 19.3 Å². The maximum absolute atomic E-state index is 12.2. The van der Waals surface area contributed by atoms with Crippen LogP contribution in [-0.4, -0.2) is 47.7 Å². The van der Waals surface area contributed by atoms with Crippen molar-refractivity contribution in [2.24, 2.45) is 0 Å². The number of hydrogen-bond acceptors (Lipinski definition) is 4. The van der Waals surface area contributed by atoms with E-state index in [1.807, 2.05) is 6.07 Å². The smallest absolute Gasteiger partial charge is 0.262 e. The van der Waals surface area contributed by atoms with Gasteiger partial charge in [0.25, 0.3) is 11.8 Å². The van der Waals surface area contributed by atoms with Crippen LogP contribution in [0.5, 0.6) is 0 Å². The van der Waals surface area contributed by atoms with Crippen LogP contribution in [-0.2, 0) is 11.2 Å². The first-order valence-corrected chi connectivity index (χ1v) is 7.29. The molecule has 3 amide bonds. The van der Waals surface area contributed by atoms with Crippen LogP contribution in [0.4, 0.5) is 0 Å². The summed E-state index contributed by atoms with van der Waals surface area (Å²) < 4.78 is 5.22. The molecular formula is C17H16N2O4. The number of nitrogens with zero attached hydrogens (tertiary/aromatic N) is 2. The molecule has 0 saturated carbocycles. The number of carbonyl (C=O) groups is 3. The van der Waals surface area contributed by atoms with E-state index in [1.165, 1.54) is 4.90 Å². The Labute approximate surface area is 133 Å². The maximum Gasteiger partial charge on any atom is 0.262 e. The summed E-state index contributed by atoms with van der Waals surface area (Å²) in [5.41, 5.74) is 0.701. The average Bonchev–Trinajstić information content (AvgIpc) is 3.16. The molecule has 6 heteroatoms. The summed E-state index contributed by atoms with van der Waals surface area (Å²) in [4.78, 5) is 39.2. The van der Waals surface area contributed by atoms with Gasteiger partial charge in [0.2, 0.25) is 5.91 Å². The lowest BCUT2D eigenvalue weighted by Crippen LogP contribution is -2.41. The maximum atomic E-state index is 12.2. The van der Waals surface area contributed by atoms with E-state index in [4.69, 9.17) is 4.42 Å². The summed E-state index contributed by atoms with van der Waals surface area (Å²) in [7, 11) is 1.64. The number of imide groups is 1. The molecule has 6 nitrogen and oxygen atoms in total. The van der Waals surface area contributed by atoms with E-state index in [1.54, 1.807) is 43.6 Å². The summed E-state index contributed by atoms with van der Waals surface area (Å²) in [5.74, 6) is -0.340. The van der Waals surface area contributed by atoms with Crippen LogP contribution in [0.15, 0.2) is 47.1 Å². The predicted molar refractivity (Wildman–Crippen MR) is 81.9 cm³/mol. The van der Waals surface area contributed by atoms with Crippen molar-refractivity contribution in [1.29, 1.82) is 0 Å². The predicted octanol–water partition coefficient (Wildman–Crippen LogP) is 1.58. The summed E-state index contributed by atoms with van der Waals surface area (Å²) in [6.07, 6.45) is 2.16. The van der Waals surface area contributed by atoms with Gasteiger partial charge in [-0.25, -0.2) is 0 Å². The number of carbonyl (C=O) groups excluding carboxylic acids is 3. The van der Waals surface area contributed by atoms with Gasteiger partial charge in [-0.05, 0) is 24.3 Å². The number of fused-ring (bicyclic) bond motifs is 1. The number of likely N-dealkylation sites (N-methyl/N-ethyl adjacent to an activating group) is 1. The Hall–Kier alpha value is -2.89. The van der Waals surface area contributed by atoms with Crippen molar-refractivity contribution in [2.75, 3.05) is 20.1 Å². The molecule has 2 heterocycles. The Bertz CT molecular complexity index is 717. The fourth-order valence-electron chi connectivity index (χ4n) is 2.50. The normalized spacial score (nSPS) is 13.3. The third kappa shape index (κ3) is 2.88. The monoisotopic (exact) mass is 312 g/mol. The molecule has 0 N–H and O–H groups in total.